The van der Waals surface area contributed by atoms with Crippen LogP contribution in [0.15, 0.2) is 24.4 Å². The van der Waals surface area contributed by atoms with E-state index in [0.717, 1.165) is 39.5 Å². The molecule has 0 amide bonds. The van der Waals surface area contributed by atoms with Gasteiger partial charge >= 0.3 is 5.97 Å². The van der Waals surface area contributed by atoms with E-state index in [4.69, 9.17) is 14.2 Å². The summed E-state index contributed by atoms with van der Waals surface area (Å²) in [4.78, 5) is 16.7. The maximum Gasteiger partial charge on any atom is 0.357 e. The standard InChI is InChI=1S/C20H24N2O4/c1-5-9-26-13-7-8-16-14(10-13)18-15(12-24-4)19(20(23)25-6-2)21-11-17(18)22(16)3/h7-8,10-11H,5-6,9,12H2,1-4H3. The van der Waals surface area contributed by atoms with Crippen LogP contribution < -0.4 is 4.74 Å². The summed E-state index contributed by atoms with van der Waals surface area (Å²) in [5.41, 5.74) is 3.02. The maximum atomic E-state index is 12.4. The molecule has 138 valence electrons. The molecule has 6 heteroatoms. The lowest BCUT2D eigenvalue weighted by molar-refractivity contribution is 0.0514. The largest absolute Gasteiger partial charge is 0.494 e. The number of nitrogens with zero attached hydrogens (tertiary/aromatic N) is 2. The second-order valence-corrected chi connectivity index (χ2v) is 6.09. The van der Waals surface area contributed by atoms with Gasteiger partial charge in [0.1, 0.15) is 5.75 Å². The molecule has 0 radical (unpaired) electrons. The SMILES string of the molecule is CCCOc1ccc2c(c1)c1c(COC)c(C(=O)OCC)ncc1n2C. The molecular formula is C20H24N2O4. The van der Waals surface area contributed by atoms with Gasteiger partial charge in [-0.05, 0) is 31.5 Å². The molecule has 0 fully saturated rings. The van der Waals surface area contributed by atoms with Crippen molar-refractivity contribution in [3.8, 4) is 5.75 Å². The van der Waals surface area contributed by atoms with Gasteiger partial charge < -0.3 is 18.8 Å². The Labute approximate surface area is 152 Å². The Morgan fingerprint density at radius 1 is 1.23 bits per heavy atom. The monoisotopic (exact) mass is 356 g/mol. The van der Waals surface area contributed by atoms with Gasteiger partial charge in [0, 0.05) is 36.0 Å². The lowest BCUT2D eigenvalue weighted by Crippen LogP contribution is -2.11. The van der Waals surface area contributed by atoms with E-state index in [9.17, 15) is 4.79 Å². The van der Waals surface area contributed by atoms with Crippen molar-refractivity contribution in [1.82, 2.24) is 9.55 Å². The third-order valence-electron chi connectivity index (χ3n) is 4.35. The van der Waals surface area contributed by atoms with Gasteiger partial charge in [-0.15, -0.1) is 0 Å². The van der Waals surface area contributed by atoms with E-state index in [1.807, 2.05) is 25.2 Å². The van der Waals surface area contributed by atoms with Gasteiger partial charge in [-0.1, -0.05) is 6.92 Å². The number of rotatable bonds is 7. The van der Waals surface area contributed by atoms with Gasteiger partial charge in [0.05, 0.1) is 31.5 Å². The summed E-state index contributed by atoms with van der Waals surface area (Å²) in [7, 11) is 3.59. The third-order valence-corrected chi connectivity index (χ3v) is 4.35. The minimum absolute atomic E-state index is 0.275. The first kappa shape index (κ1) is 18.2. The lowest BCUT2D eigenvalue weighted by atomic mass is 10.1. The van der Waals surface area contributed by atoms with Crippen LogP contribution in [-0.4, -0.2) is 35.8 Å². The molecule has 0 saturated heterocycles. The van der Waals surface area contributed by atoms with Crippen LogP contribution >= 0.6 is 0 Å². The van der Waals surface area contributed by atoms with Crippen LogP contribution in [0, 0.1) is 0 Å². The fourth-order valence-corrected chi connectivity index (χ4v) is 3.20. The van der Waals surface area contributed by atoms with E-state index < -0.39 is 5.97 Å². The molecule has 2 heterocycles. The molecule has 0 aliphatic rings. The topological polar surface area (TPSA) is 62.6 Å². The molecule has 0 aliphatic carbocycles. The number of methoxy groups -OCH3 is 1. The van der Waals surface area contributed by atoms with Crippen molar-refractivity contribution >= 4 is 27.8 Å². The lowest BCUT2D eigenvalue weighted by Gasteiger charge is -2.10. The normalized spacial score (nSPS) is 11.2. The predicted octanol–water partition coefficient (Wildman–Crippen LogP) is 3.84. The number of pyridine rings is 1. The van der Waals surface area contributed by atoms with Crippen molar-refractivity contribution in [3.63, 3.8) is 0 Å². The molecule has 0 saturated carbocycles. The molecule has 1 aromatic carbocycles. The number of benzene rings is 1. The summed E-state index contributed by atoms with van der Waals surface area (Å²) >= 11 is 0. The highest BCUT2D eigenvalue weighted by Gasteiger charge is 2.21. The Kier molecular flexibility index (Phi) is 5.42. The van der Waals surface area contributed by atoms with Crippen molar-refractivity contribution in [2.24, 2.45) is 7.05 Å². The van der Waals surface area contributed by atoms with E-state index in [1.165, 1.54) is 0 Å². The zero-order chi connectivity index (χ0) is 18.7. The van der Waals surface area contributed by atoms with Gasteiger partial charge in [-0.3, -0.25) is 0 Å². The van der Waals surface area contributed by atoms with Gasteiger partial charge in [-0.2, -0.15) is 0 Å². The average molecular weight is 356 g/mol. The van der Waals surface area contributed by atoms with Crippen molar-refractivity contribution < 1.29 is 19.0 Å². The Balaban J connectivity index is 2.29. The van der Waals surface area contributed by atoms with Crippen LogP contribution in [-0.2, 0) is 23.1 Å². The fraction of sp³-hybridized carbons (Fsp3) is 0.400. The highest BCUT2D eigenvalue weighted by atomic mass is 16.5. The van der Waals surface area contributed by atoms with E-state index in [2.05, 4.69) is 16.5 Å². The average Bonchev–Trinajstić information content (AvgIpc) is 2.93. The number of hydrogen-bond acceptors (Lipinski definition) is 5. The first-order valence-electron chi connectivity index (χ1n) is 8.81. The van der Waals surface area contributed by atoms with E-state index in [1.54, 1.807) is 20.2 Å². The van der Waals surface area contributed by atoms with Crippen LogP contribution in [0.1, 0.15) is 36.3 Å². The molecule has 0 unspecified atom stereocenters. The minimum atomic E-state index is -0.433. The van der Waals surface area contributed by atoms with Gasteiger partial charge in [0.15, 0.2) is 5.69 Å². The molecule has 0 bridgehead atoms. The highest BCUT2D eigenvalue weighted by Crippen LogP contribution is 2.34. The van der Waals surface area contributed by atoms with E-state index in [-0.39, 0.29) is 6.61 Å². The zero-order valence-corrected chi connectivity index (χ0v) is 15.7. The smallest absolute Gasteiger partial charge is 0.357 e. The summed E-state index contributed by atoms with van der Waals surface area (Å²) in [5.74, 6) is 0.376. The van der Waals surface area contributed by atoms with Crippen molar-refractivity contribution in [1.29, 1.82) is 0 Å². The Morgan fingerprint density at radius 3 is 2.73 bits per heavy atom. The molecule has 26 heavy (non-hydrogen) atoms. The van der Waals surface area contributed by atoms with Crippen LogP contribution in [0.4, 0.5) is 0 Å². The van der Waals surface area contributed by atoms with Crippen LogP contribution in [0.5, 0.6) is 5.75 Å². The van der Waals surface area contributed by atoms with Gasteiger partial charge in [-0.25, -0.2) is 9.78 Å². The van der Waals surface area contributed by atoms with Crippen LogP contribution in [0.2, 0.25) is 0 Å². The Bertz CT molecular complexity index is 946. The van der Waals surface area contributed by atoms with Gasteiger partial charge in [0.25, 0.3) is 0 Å². The summed E-state index contributed by atoms with van der Waals surface area (Å²) in [6.45, 7) is 5.09. The number of fused-ring (bicyclic) bond motifs is 3. The molecular weight excluding hydrogens is 332 g/mol. The van der Waals surface area contributed by atoms with Crippen LogP contribution in [0.25, 0.3) is 21.8 Å². The summed E-state index contributed by atoms with van der Waals surface area (Å²) in [6.07, 6.45) is 2.66. The molecule has 0 spiro atoms. The zero-order valence-electron chi connectivity index (χ0n) is 15.7. The Hall–Kier alpha value is -2.60. The number of carbonyl (C=O) groups excluding carboxylic acids is 1. The van der Waals surface area contributed by atoms with Gasteiger partial charge in [0.2, 0.25) is 0 Å². The first-order chi connectivity index (χ1) is 12.6. The second kappa shape index (κ2) is 7.74. The Morgan fingerprint density at radius 2 is 2.04 bits per heavy atom. The number of esters is 1. The molecule has 0 atom stereocenters. The predicted molar refractivity (Wildman–Crippen MR) is 101 cm³/mol. The van der Waals surface area contributed by atoms with Crippen molar-refractivity contribution in [2.75, 3.05) is 20.3 Å². The molecule has 2 aromatic heterocycles. The number of ether oxygens (including phenoxy) is 3. The minimum Gasteiger partial charge on any atom is -0.494 e. The maximum absolute atomic E-state index is 12.4. The van der Waals surface area contributed by atoms with E-state index >= 15 is 0 Å². The summed E-state index contributed by atoms with van der Waals surface area (Å²) < 4.78 is 18.4. The number of carbonyl (C=O) groups is 1. The number of hydrogen-bond donors (Lipinski definition) is 0. The van der Waals surface area contributed by atoms with Crippen LogP contribution in [0.3, 0.4) is 0 Å². The number of aromatic nitrogens is 2. The quantitative estimate of drug-likeness (QED) is 0.602. The highest BCUT2D eigenvalue weighted by molar-refractivity contribution is 6.12. The first-order valence-corrected chi connectivity index (χ1v) is 8.81. The molecule has 0 N–H and O–H groups in total. The van der Waals surface area contributed by atoms with Crippen molar-refractivity contribution in [2.45, 2.75) is 26.9 Å². The summed E-state index contributed by atoms with van der Waals surface area (Å²) in [6, 6.07) is 6.01. The number of aryl methyl sites for hydroxylation is 1. The summed E-state index contributed by atoms with van der Waals surface area (Å²) in [5, 5.41) is 1.96. The fourth-order valence-electron chi connectivity index (χ4n) is 3.20. The molecule has 3 rings (SSSR count). The molecule has 6 nitrogen and oxygen atoms in total. The van der Waals surface area contributed by atoms with Crippen molar-refractivity contribution in [3.05, 3.63) is 35.7 Å². The molecule has 3 aromatic rings. The third kappa shape index (κ3) is 3.12. The van der Waals surface area contributed by atoms with E-state index in [0.29, 0.717) is 18.9 Å². The molecule has 0 aliphatic heterocycles. The second-order valence-electron chi connectivity index (χ2n) is 6.09.